The molecule has 3 aliphatic heterocycles. The molecule has 6 unspecified atom stereocenters. The molecule has 0 spiro atoms. The third-order valence-corrected chi connectivity index (χ3v) is 6.12. The second kappa shape index (κ2) is 29.3. The van der Waals surface area contributed by atoms with Crippen molar-refractivity contribution in [2.45, 2.75) is 81.8 Å². The number of morpholine rings is 3. The van der Waals surface area contributed by atoms with Gasteiger partial charge in [-0.05, 0) is 27.8 Å². The molecule has 0 bridgehead atoms. The van der Waals surface area contributed by atoms with E-state index in [2.05, 4.69) is 59.9 Å². The fourth-order valence-electron chi connectivity index (χ4n) is 4.04. The van der Waals surface area contributed by atoms with Gasteiger partial charge in [-0.15, -0.1) is 0 Å². The van der Waals surface area contributed by atoms with Gasteiger partial charge in [-0.1, -0.05) is 58.2 Å². The zero-order valence-corrected chi connectivity index (χ0v) is 32.1. The minimum atomic E-state index is -0.0823. The van der Waals surface area contributed by atoms with E-state index in [0.717, 1.165) is 45.9 Å². The van der Waals surface area contributed by atoms with E-state index < -0.39 is 0 Å². The summed E-state index contributed by atoms with van der Waals surface area (Å²) in [5, 5.41) is 14.4. The molecule has 0 aliphatic carbocycles. The second-order valence-corrected chi connectivity index (χ2v) is 9.91. The van der Waals surface area contributed by atoms with Gasteiger partial charge in [-0.2, -0.15) is 44.6 Å². The van der Waals surface area contributed by atoms with Gasteiger partial charge in [0.15, 0.2) is 17.5 Å². The predicted octanol–water partition coefficient (Wildman–Crippen LogP) is 3.71. The van der Waals surface area contributed by atoms with E-state index in [1.54, 1.807) is 20.8 Å². The van der Waals surface area contributed by atoms with Gasteiger partial charge in [0.05, 0.1) is 19.8 Å². The third-order valence-electron chi connectivity index (χ3n) is 6.12. The second-order valence-electron chi connectivity index (χ2n) is 9.91. The Hall–Kier alpha value is -1.40. The smallest absolute Gasteiger partial charge is 0.257 e. The lowest BCUT2D eigenvalue weighted by Crippen LogP contribution is -2.39. The number of hydrogen-bond donors (Lipinski definition) is 1. The van der Waals surface area contributed by atoms with E-state index in [-0.39, 0.29) is 70.3 Å². The lowest BCUT2D eigenvalue weighted by molar-refractivity contribution is -0.0366. The maximum atomic E-state index is 5.55. The summed E-state index contributed by atoms with van der Waals surface area (Å²) >= 11 is 0. The largest absolute Gasteiger partial charge is 0.366 e. The molecule has 0 saturated carbocycles. The molecule has 3 aromatic heterocycles. The molecule has 0 amide bonds. The van der Waals surface area contributed by atoms with Crippen molar-refractivity contribution in [3.8, 4) is 0 Å². The standard InChI is InChI=1S/C8H13BN3O2.C8H13N3O2.C7H11N3O2.C2H6B.3CH4.3H3P/c1-6-10-8(14-11-6)7-5-12(9-2)3-4-13-7;1-6-9-8(13-10-6)7-5-11(2)3-4-12-7;1-5-9-7(12-10-5)6-4-8-2-3-11-6;1-3-2;;;;;;/h7H,3-5H2,1-2H3;7H,3-5H2,1-2H3;6,8H,2-4H2,1H3;1-2H3;3*1H4;3*1H3. The Kier molecular flexibility index (Phi) is 32.6. The summed E-state index contributed by atoms with van der Waals surface area (Å²) in [6.45, 7) is 18.7. The van der Waals surface area contributed by atoms with Crippen molar-refractivity contribution < 1.29 is 27.8 Å². The highest BCUT2D eigenvalue weighted by Gasteiger charge is 2.26. The molecule has 3 saturated heterocycles. The van der Waals surface area contributed by atoms with Crippen molar-refractivity contribution >= 4 is 44.4 Å². The van der Waals surface area contributed by atoms with Gasteiger partial charge in [0.1, 0.15) is 25.6 Å². The van der Waals surface area contributed by atoms with Gasteiger partial charge >= 0.3 is 0 Å². The van der Waals surface area contributed by atoms with Crippen molar-refractivity contribution in [2.24, 2.45) is 0 Å². The fourth-order valence-corrected chi connectivity index (χ4v) is 4.04. The number of ether oxygens (including phenoxy) is 3. The molecule has 3 aliphatic rings. The van der Waals surface area contributed by atoms with Crippen LogP contribution in [-0.2, 0) is 14.2 Å². The Bertz CT molecular complexity index is 1160. The van der Waals surface area contributed by atoms with Crippen LogP contribution in [0, 0.1) is 20.8 Å². The zero-order valence-electron chi connectivity index (χ0n) is 27.9. The molecule has 3 fully saturated rings. The molecular formula is C28H64B2N9O6P3. The van der Waals surface area contributed by atoms with Gasteiger partial charge in [0.2, 0.25) is 7.41 Å². The first kappa shape index (κ1) is 53.4. The number of nitrogens with one attached hydrogen (secondary N) is 1. The minimum absolute atomic E-state index is 0. The molecule has 0 aromatic carbocycles. The molecule has 278 valence electrons. The summed E-state index contributed by atoms with van der Waals surface area (Å²) in [6.07, 6.45) is -0.207. The Morgan fingerprint density at radius 1 is 0.646 bits per heavy atom. The highest BCUT2D eigenvalue weighted by Crippen LogP contribution is 2.20. The average molecular weight is 737 g/mol. The van der Waals surface area contributed by atoms with Gasteiger partial charge < -0.3 is 42.8 Å². The predicted molar refractivity (Wildman–Crippen MR) is 208 cm³/mol. The molecular weight excluding hydrogens is 673 g/mol. The van der Waals surface area contributed by atoms with E-state index in [1.165, 1.54) is 0 Å². The summed E-state index contributed by atoms with van der Waals surface area (Å²) in [6, 6.07) is 0. The van der Waals surface area contributed by atoms with Gasteiger partial charge in [-0.3, -0.25) is 0 Å². The number of aryl methyl sites for hydroxylation is 3. The number of rotatable bonds is 4. The SMILES string of the molecule is C.C.C.C[B]C.C[B]N1CCOC(c2nc(C)no2)C1.Cc1noc(C2CN(C)CCO2)n1.Cc1noc(C2CNCCO2)n1.P.P.P. The van der Waals surface area contributed by atoms with E-state index in [1.807, 2.05) is 27.7 Å². The van der Waals surface area contributed by atoms with Crippen LogP contribution < -0.4 is 5.32 Å². The number of hydrogen-bond acceptors (Lipinski definition) is 15. The normalized spacial score (nSPS) is 20.0. The molecule has 6 atom stereocenters. The van der Waals surface area contributed by atoms with Crippen LogP contribution in [-0.4, -0.2) is 121 Å². The summed E-state index contributed by atoms with van der Waals surface area (Å²) < 4.78 is 31.6. The summed E-state index contributed by atoms with van der Waals surface area (Å²) in [7, 11) is 6.11. The molecule has 2 radical (unpaired) electrons. The lowest BCUT2D eigenvalue weighted by atomic mass is 9.88. The Morgan fingerprint density at radius 3 is 1.44 bits per heavy atom. The molecule has 6 heterocycles. The first-order valence-electron chi connectivity index (χ1n) is 14.2. The summed E-state index contributed by atoms with van der Waals surface area (Å²) in [4.78, 5) is 16.8. The van der Waals surface area contributed by atoms with Gasteiger partial charge in [-0.25, -0.2) is 0 Å². The Morgan fingerprint density at radius 2 is 1.06 bits per heavy atom. The minimum Gasteiger partial charge on any atom is -0.366 e. The van der Waals surface area contributed by atoms with Crippen LogP contribution in [0.25, 0.3) is 0 Å². The Labute approximate surface area is 300 Å². The van der Waals surface area contributed by atoms with Crippen LogP contribution >= 0.6 is 29.7 Å². The molecule has 48 heavy (non-hydrogen) atoms. The highest BCUT2D eigenvalue weighted by atomic mass is 31.0. The average Bonchev–Trinajstić information content (AvgIpc) is 3.76. The maximum Gasteiger partial charge on any atom is 0.257 e. The van der Waals surface area contributed by atoms with E-state index >= 15 is 0 Å². The summed E-state index contributed by atoms with van der Waals surface area (Å²) in [5.74, 6) is 3.70. The highest BCUT2D eigenvalue weighted by molar-refractivity contribution is 6.92. The van der Waals surface area contributed by atoms with Crippen LogP contribution in [0.1, 0.15) is 75.7 Å². The van der Waals surface area contributed by atoms with E-state index in [9.17, 15) is 0 Å². The number of aromatic nitrogens is 6. The number of likely N-dealkylation sites (N-methyl/N-ethyl adjacent to an activating group) is 1. The van der Waals surface area contributed by atoms with Gasteiger partial charge in [0.25, 0.3) is 17.7 Å². The quantitative estimate of drug-likeness (QED) is 0.304. The Balaban J connectivity index is -0.000000274. The van der Waals surface area contributed by atoms with Crippen molar-refractivity contribution in [3.63, 3.8) is 0 Å². The van der Waals surface area contributed by atoms with E-state index in [4.69, 9.17) is 27.8 Å². The molecule has 6 rings (SSSR count). The third kappa shape index (κ3) is 18.6. The van der Waals surface area contributed by atoms with E-state index in [0.29, 0.717) is 48.4 Å². The molecule has 20 heteroatoms. The molecule has 3 aromatic rings. The zero-order chi connectivity index (χ0) is 30.3. The van der Waals surface area contributed by atoms with Gasteiger partial charge in [0, 0.05) is 39.3 Å². The first-order chi connectivity index (χ1) is 20.3. The topological polar surface area (TPSA) is 163 Å². The number of nitrogens with zero attached hydrogens (tertiary/aromatic N) is 8. The fraction of sp³-hybridized carbons (Fsp3) is 0.786. The van der Waals surface area contributed by atoms with Crippen molar-refractivity contribution in [3.05, 3.63) is 35.1 Å². The van der Waals surface area contributed by atoms with Crippen LogP contribution in [0.15, 0.2) is 13.6 Å². The van der Waals surface area contributed by atoms with Crippen molar-refractivity contribution in [1.29, 1.82) is 0 Å². The monoisotopic (exact) mass is 737 g/mol. The van der Waals surface area contributed by atoms with Crippen molar-refractivity contribution in [1.82, 2.24) is 45.4 Å². The molecule has 15 nitrogen and oxygen atoms in total. The maximum absolute atomic E-state index is 5.55. The first-order valence-corrected chi connectivity index (χ1v) is 14.2. The van der Waals surface area contributed by atoms with Crippen LogP contribution in [0.3, 0.4) is 0 Å². The molecule has 1 N–H and O–H groups in total. The van der Waals surface area contributed by atoms with Crippen LogP contribution in [0.5, 0.6) is 0 Å². The lowest BCUT2D eigenvalue weighted by Gasteiger charge is -2.29. The summed E-state index contributed by atoms with van der Waals surface area (Å²) in [5.41, 5.74) is 0. The van der Waals surface area contributed by atoms with Crippen LogP contribution in [0.4, 0.5) is 0 Å². The van der Waals surface area contributed by atoms with Crippen molar-refractivity contribution in [2.75, 3.05) is 66.1 Å². The van der Waals surface area contributed by atoms with Crippen LogP contribution in [0.2, 0.25) is 20.5 Å².